The number of Topliss-reactive ketones (excluding diaryl/α,β-unsaturated/α-hetero) is 2. The van der Waals surface area contributed by atoms with Crippen LogP contribution in [0, 0.1) is 0 Å². The molecule has 0 amide bonds. The van der Waals surface area contributed by atoms with E-state index in [1.807, 2.05) is 97.1 Å². The van der Waals surface area contributed by atoms with Gasteiger partial charge in [0.05, 0.1) is 12.8 Å². The fourth-order valence-corrected chi connectivity index (χ4v) is 2.79. The zero-order chi connectivity index (χ0) is 21.0. The number of benzene rings is 2. The number of hydrogen-bond acceptors (Lipinski definition) is 4. The van der Waals surface area contributed by atoms with Crippen molar-refractivity contribution in [3.63, 3.8) is 0 Å². The molecule has 4 rings (SSSR count). The number of carbonyl (C=O) groups excluding carboxylic acids is 2. The van der Waals surface area contributed by atoms with E-state index in [0.717, 1.165) is 22.5 Å². The van der Waals surface area contributed by atoms with Crippen molar-refractivity contribution < 1.29 is 51.7 Å². The Morgan fingerprint density at radius 3 is 1.16 bits per heavy atom. The molecule has 4 nitrogen and oxygen atoms in total. The third-order valence-corrected chi connectivity index (χ3v) is 4.33. The second kappa shape index (κ2) is 15.3. The van der Waals surface area contributed by atoms with Gasteiger partial charge in [-0.05, 0) is 24.3 Å². The van der Waals surface area contributed by atoms with Crippen LogP contribution < -0.4 is 0 Å². The van der Waals surface area contributed by atoms with E-state index in [4.69, 9.17) is 0 Å². The predicted octanol–water partition coefficient (Wildman–Crippen LogP) is 5.01. The van der Waals surface area contributed by atoms with Gasteiger partial charge in [0.15, 0.2) is 11.6 Å². The number of hydrogen-bond donors (Lipinski definition) is 0. The maximum absolute atomic E-state index is 11.8. The number of rotatable bonds is 6. The maximum atomic E-state index is 11.8. The van der Waals surface area contributed by atoms with E-state index in [-0.39, 0.29) is 53.7 Å². The standard InChI is InChI=1S/2C13H11NO.2Pt/c2*15-13(11-6-2-1-3-7-11)10-12-8-4-5-9-14-12;;/h2*1-9H,10H2;;/q;;2*+2. The van der Waals surface area contributed by atoms with Crippen molar-refractivity contribution in [1.82, 2.24) is 9.97 Å². The molecule has 0 radical (unpaired) electrons. The number of nitrogens with zero attached hydrogens (tertiary/aromatic N) is 2. The van der Waals surface area contributed by atoms with Gasteiger partial charge < -0.3 is 0 Å². The fourth-order valence-electron chi connectivity index (χ4n) is 2.79. The van der Waals surface area contributed by atoms with Gasteiger partial charge in [-0.15, -0.1) is 0 Å². The maximum Gasteiger partial charge on any atom is 2.00 e. The molecule has 0 spiro atoms. The molecule has 0 saturated carbocycles. The van der Waals surface area contributed by atoms with Gasteiger partial charge in [0, 0.05) is 34.9 Å². The smallest absolute Gasteiger partial charge is 0.294 e. The Labute approximate surface area is 217 Å². The molecule has 0 saturated heterocycles. The molecule has 2 heterocycles. The normalized spacial score (nSPS) is 9.25. The first-order valence-corrected chi connectivity index (χ1v) is 9.68. The zero-order valence-corrected chi connectivity index (χ0v) is 21.7. The summed E-state index contributed by atoms with van der Waals surface area (Å²) in [6.45, 7) is 0. The van der Waals surface area contributed by atoms with Gasteiger partial charge >= 0.3 is 42.1 Å². The monoisotopic (exact) mass is 784 g/mol. The van der Waals surface area contributed by atoms with E-state index >= 15 is 0 Å². The third kappa shape index (κ3) is 9.30. The number of aromatic nitrogens is 2. The molecule has 0 atom stereocenters. The summed E-state index contributed by atoms with van der Waals surface area (Å²) < 4.78 is 0. The molecule has 32 heavy (non-hydrogen) atoms. The van der Waals surface area contributed by atoms with Crippen LogP contribution in [-0.2, 0) is 55.0 Å². The van der Waals surface area contributed by atoms with Gasteiger partial charge in [0.1, 0.15) is 0 Å². The molecule has 0 unspecified atom stereocenters. The summed E-state index contributed by atoms with van der Waals surface area (Å²) in [5.41, 5.74) is 3.10. The second-order valence-corrected chi connectivity index (χ2v) is 6.57. The minimum absolute atomic E-state index is 0. The van der Waals surface area contributed by atoms with Gasteiger partial charge in [0.2, 0.25) is 0 Å². The van der Waals surface area contributed by atoms with Crippen molar-refractivity contribution in [2.45, 2.75) is 12.8 Å². The number of carbonyl (C=O) groups is 2. The Kier molecular flexibility index (Phi) is 13.1. The van der Waals surface area contributed by atoms with Crippen molar-refractivity contribution in [3.8, 4) is 0 Å². The molecule has 4 aromatic rings. The van der Waals surface area contributed by atoms with Crippen LogP contribution in [0.25, 0.3) is 0 Å². The van der Waals surface area contributed by atoms with Crippen LogP contribution in [-0.4, -0.2) is 21.5 Å². The molecule has 0 aliphatic rings. The predicted molar refractivity (Wildman–Crippen MR) is 117 cm³/mol. The Morgan fingerprint density at radius 1 is 0.500 bits per heavy atom. The van der Waals surface area contributed by atoms with Crippen molar-refractivity contribution in [2.75, 3.05) is 0 Å². The van der Waals surface area contributed by atoms with Gasteiger partial charge in [-0.2, -0.15) is 0 Å². The average molecular weight is 785 g/mol. The fraction of sp³-hybridized carbons (Fsp3) is 0.0769. The average Bonchev–Trinajstić information content (AvgIpc) is 2.82. The first-order chi connectivity index (χ1) is 14.7. The second-order valence-electron chi connectivity index (χ2n) is 6.57. The first-order valence-electron chi connectivity index (χ1n) is 9.68. The molecule has 0 bridgehead atoms. The quantitative estimate of drug-likeness (QED) is 0.259. The summed E-state index contributed by atoms with van der Waals surface area (Å²) in [5, 5.41) is 0. The minimum Gasteiger partial charge on any atom is -0.294 e. The molecular weight excluding hydrogens is 762 g/mol. The number of pyridine rings is 2. The largest absolute Gasteiger partial charge is 2.00 e. The summed E-state index contributed by atoms with van der Waals surface area (Å²) in [5.74, 6) is 0.212. The summed E-state index contributed by atoms with van der Waals surface area (Å²) >= 11 is 0. The first kappa shape index (κ1) is 27.5. The van der Waals surface area contributed by atoms with Crippen LogP contribution >= 0.6 is 0 Å². The van der Waals surface area contributed by atoms with E-state index in [2.05, 4.69) is 9.97 Å². The van der Waals surface area contributed by atoms with Crippen LogP contribution in [0.15, 0.2) is 109 Å². The van der Waals surface area contributed by atoms with Crippen LogP contribution in [0.1, 0.15) is 32.1 Å². The van der Waals surface area contributed by atoms with Crippen molar-refractivity contribution in [2.24, 2.45) is 0 Å². The minimum atomic E-state index is 0. The molecule has 0 aliphatic heterocycles. The summed E-state index contributed by atoms with van der Waals surface area (Å²) in [7, 11) is 0. The van der Waals surface area contributed by atoms with Gasteiger partial charge in [-0.25, -0.2) is 0 Å². The van der Waals surface area contributed by atoms with Gasteiger partial charge in [0.25, 0.3) is 0 Å². The van der Waals surface area contributed by atoms with E-state index in [0.29, 0.717) is 12.8 Å². The van der Waals surface area contributed by atoms with Crippen molar-refractivity contribution >= 4 is 11.6 Å². The molecule has 0 aliphatic carbocycles. The Hall–Kier alpha value is -2.54. The molecule has 0 N–H and O–H groups in total. The molecule has 2 aromatic carbocycles. The molecular formula is C26H22N2O2Pt2+4. The van der Waals surface area contributed by atoms with E-state index < -0.39 is 0 Å². The Balaban J connectivity index is 0.000000301. The van der Waals surface area contributed by atoms with Crippen LogP contribution in [0.5, 0.6) is 0 Å². The molecule has 0 fully saturated rings. The van der Waals surface area contributed by atoms with Crippen LogP contribution in [0.4, 0.5) is 0 Å². The number of ketones is 2. The molecule has 2 aromatic heterocycles. The zero-order valence-electron chi connectivity index (χ0n) is 17.1. The van der Waals surface area contributed by atoms with Crippen molar-refractivity contribution in [3.05, 3.63) is 132 Å². The summed E-state index contributed by atoms with van der Waals surface area (Å²) in [6.07, 6.45) is 4.14. The van der Waals surface area contributed by atoms with Gasteiger partial charge in [-0.1, -0.05) is 72.8 Å². The van der Waals surface area contributed by atoms with Crippen LogP contribution in [0.2, 0.25) is 0 Å². The SMILES string of the molecule is O=C(Cc1ccccn1)c1ccccc1.O=C(Cc1ccccn1)c1ccccc1.[Pt+2].[Pt+2]. The molecule has 164 valence electrons. The van der Waals surface area contributed by atoms with E-state index in [1.54, 1.807) is 12.4 Å². The van der Waals surface area contributed by atoms with Gasteiger partial charge in [-0.3, -0.25) is 19.6 Å². The third-order valence-electron chi connectivity index (χ3n) is 4.33. The Bertz CT molecular complexity index is 973. The summed E-state index contributed by atoms with van der Waals surface area (Å²) in [6, 6.07) is 29.8. The van der Waals surface area contributed by atoms with Crippen molar-refractivity contribution in [1.29, 1.82) is 0 Å². The van der Waals surface area contributed by atoms with Crippen LogP contribution in [0.3, 0.4) is 0 Å². The molecule has 6 heteroatoms. The Morgan fingerprint density at radius 2 is 0.844 bits per heavy atom. The topological polar surface area (TPSA) is 59.9 Å². The van der Waals surface area contributed by atoms with E-state index in [1.165, 1.54) is 0 Å². The van der Waals surface area contributed by atoms with E-state index in [9.17, 15) is 9.59 Å². The summed E-state index contributed by atoms with van der Waals surface area (Å²) in [4.78, 5) is 31.8.